The Morgan fingerprint density at radius 1 is 2.00 bits per heavy atom. The van der Waals surface area contributed by atoms with Gasteiger partial charge in [-0.05, 0) is 6.92 Å². The second-order valence-electron chi connectivity index (χ2n) is 1.15. The van der Waals surface area contributed by atoms with E-state index in [0.29, 0.717) is 6.61 Å². The second kappa shape index (κ2) is 4.24. The summed E-state index contributed by atoms with van der Waals surface area (Å²) in [7, 11) is 0. The molecule has 0 saturated heterocycles. The van der Waals surface area contributed by atoms with Crippen LogP contribution < -0.4 is 0 Å². The van der Waals surface area contributed by atoms with Crippen LogP contribution in [0.1, 0.15) is 6.92 Å². The van der Waals surface area contributed by atoms with Gasteiger partial charge in [0.15, 0.2) is 6.42 Å². The molecule has 2 heteroatoms. The first-order valence-electron chi connectivity index (χ1n) is 2.43. The average molecular weight is 113 g/mol. The van der Waals surface area contributed by atoms with Crippen LogP contribution in [0.2, 0.25) is 0 Å². The van der Waals surface area contributed by atoms with Crippen molar-refractivity contribution >= 4 is 5.97 Å². The summed E-state index contributed by atoms with van der Waals surface area (Å²) in [5.41, 5.74) is 0. The fourth-order valence-corrected chi connectivity index (χ4v) is 0.287. The van der Waals surface area contributed by atoms with Crippen LogP contribution in [0.4, 0.5) is 0 Å². The van der Waals surface area contributed by atoms with Crippen molar-refractivity contribution in [3.63, 3.8) is 0 Å². The Bertz CT molecular complexity index is 86.5. The molecule has 8 heavy (non-hydrogen) atoms. The van der Waals surface area contributed by atoms with Crippen LogP contribution in [-0.2, 0) is 9.53 Å². The maximum Gasteiger partial charge on any atom is 0.416 e. The van der Waals surface area contributed by atoms with Crippen molar-refractivity contribution in [3.8, 4) is 0 Å². The first-order chi connectivity index (χ1) is 3.81. The van der Waals surface area contributed by atoms with Crippen LogP contribution in [-0.4, -0.2) is 12.6 Å². The molecule has 0 aliphatic heterocycles. The zero-order valence-corrected chi connectivity index (χ0v) is 4.89. The second-order valence-corrected chi connectivity index (χ2v) is 1.15. The molecular formula is C6H9O2+. The van der Waals surface area contributed by atoms with Crippen LogP contribution in [0.25, 0.3) is 0 Å². The van der Waals surface area contributed by atoms with Gasteiger partial charge >= 0.3 is 5.97 Å². The van der Waals surface area contributed by atoms with Crippen molar-refractivity contribution in [1.82, 2.24) is 0 Å². The highest BCUT2D eigenvalue weighted by molar-refractivity contribution is 5.81. The van der Waals surface area contributed by atoms with Gasteiger partial charge in [-0.2, -0.15) is 0 Å². The van der Waals surface area contributed by atoms with Crippen LogP contribution in [0.15, 0.2) is 12.7 Å². The SMILES string of the molecule is C=C[CH+]C(=O)OCC. The van der Waals surface area contributed by atoms with E-state index in [2.05, 4.69) is 11.3 Å². The Labute approximate surface area is 49.1 Å². The minimum atomic E-state index is -0.331. The normalized spacial score (nSPS) is 7.62. The Balaban J connectivity index is 3.18. The van der Waals surface area contributed by atoms with E-state index in [1.165, 1.54) is 12.5 Å². The molecule has 0 spiro atoms. The molecule has 0 heterocycles. The molecule has 0 aromatic carbocycles. The van der Waals surface area contributed by atoms with Gasteiger partial charge in [0.2, 0.25) is 0 Å². The molecule has 0 fully saturated rings. The Morgan fingerprint density at radius 2 is 2.62 bits per heavy atom. The van der Waals surface area contributed by atoms with Crippen LogP contribution in [0, 0.1) is 6.42 Å². The van der Waals surface area contributed by atoms with Gasteiger partial charge in [-0.3, -0.25) is 0 Å². The van der Waals surface area contributed by atoms with E-state index in [-0.39, 0.29) is 5.97 Å². The van der Waals surface area contributed by atoms with Crippen molar-refractivity contribution in [1.29, 1.82) is 0 Å². The van der Waals surface area contributed by atoms with Crippen molar-refractivity contribution in [2.45, 2.75) is 6.92 Å². The van der Waals surface area contributed by atoms with Gasteiger partial charge < -0.3 is 4.74 Å². The predicted octanol–water partition coefficient (Wildman–Crippen LogP) is 0.940. The monoisotopic (exact) mass is 113 g/mol. The van der Waals surface area contributed by atoms with Crippen molar-refractivity contribution in [2.24, 2.45) is 0 Å². The molecular weight excluding hydrogens is 104 g/mol. The zero-order valence-electron chi connectivity index (χ0n) is 4.89. The number of carbonyl (C=O) groups is 1. The zero-order chi connectivity index (χ0) is 6.41. The summed E-state index contributed by atoms with van der Waals surface area (Å²) in [6.45, 7) is 5.51. The van der Waals surface area contributed by atoms with Gasteiger partial charge in [-0.1, -0.05) is 0 Å². The number of carbonyl (C=O) groups excluding carboxylic acids is 1. The fraction of sp³-hybridized carbons (Fsp3) is 0.333. The Morgan fingerprint density at radius 3 is 3.00 bits per heavy atom. The maximum absolute atomic E-state index is 10.3. The van der Waals surface area contributed by atoms with E-state index < -0.39 is 0 Å². The molecule has 0 unspecified atom stereocenters. The highest BCUT2D eigenvalue weighted by Gasteiger charge is 2.01. The average Bonchev–Trinajstić information content (AvgIpc) is 1.68. The molecule has 2 nitrogen and oxygen atoms in total. The molecule has 0 aliphatic carbocycles. The van der Waals surface area contributed by atoms with Gasteiger partial charge in [-0.15, -0.1) is 0 Å². The van der Waals surface area contributed by atoms with Gasteiger partial charge in [0.25, 0.3) is 0 Å². The van der Waals surface area contributed by atoms with Crippen molar-refractivity contribution < 1.29 is 9.53 Å². The third kappa shape index (κ3) is 3.28. The highest BCUT2D eigenvalue weighted by Crippen LogP contribution is 1.82. The Hall–Kier alpha value is -0.920. The van der Waals surface area contributed by atoms with Crippen molar-refractivity contribution in [3.05, 3.63) is 19.1 Å². The molecule has 0 radical (unpaired) electrons. The fourth-order valence-electron chi connectivity index (χ4n) is 0.287. The number of hydrogen-bond donors (Lipinski definition) is 0. The van der Waals surface area contributed by atoms with E-state index in [1.807, 2.05) is 0 Å². The Kier molecular flexibility index (Phi) is 3.76. The first kappa shape index (κ1) is 7.08. The minimum Gasteiger partial charge on any atom is -0.447 e. The quantitative estimate of drug-likeness (QED) is 0.402. The first-order valence-corrected chi connectivity index (χ1v) is 2.43. The van der Waals surface area contributed by atoms with E-state index in [1.54, 1.807) is 6.92 Å². The molecule has 0 aliphatic rings. The lowest BCUT2D eigenvalue weighted by Gasteiger charge is -1.89. The molecule has 0 amide bonds. The number of rotatable bonds is 3. The minimum absolute atomic E-state index is 0.331. The summed E-state index contributed by atoms with van der Waals surface area (Å²) in [5, 5.41) is 0. The van der Waals surface area contributed by atoms with E-state index in [0.717, 1.165) is 0 Å². The molecule has 0 saturated carbocycles. The maximum atomic E-state index is 10.3. The van der Waals surface area contributed by atoms with Gasteiger partial charge in [0.05, 0.1) is 12.7 Å². The predicted molar refractivity (Wildman–Crippen MR) is 31.1 cm³/mol. The van der Waals surface area contributed by atoms with E-state index >= 15 is 0 Å². The lowest BCUT2D eigenvalue weighted by molar-refractivity contribution is -0.138. The molecule has 0 N–H and O–H groups in total. The van der Waals surface area contributed by atoms with Crippen LogP contribution in [0.3, 0.4) is 0 Å². The number of esters is 1. The summed E-state index contributed by atoms with van der Waals surface area (Å²) in [6.07, 6.45) is 2.68. The van der Waals surface area contributed by atoms with Gasteiger partial charge in [0, 0.05) is 6.58 Å². The highest BCUT2D eigenvalue weighted by atomic mass is 16.5. The van der Waals surface area contributed by atoms with Crippen LogP contribution >= 0.6 is 0 Å². The number of hydrogen-bond acceptors (Lipinski definition) is 2. The summed E-state index contributed by atoms with van der Waals surface area (Å²) < 4.78 is 4.52. The largest absolute Gasteiger partial charge is 0.447 e. The molecule has 0 atom stereocenters. The van der Waals surface area contributed by atoms with Crippen molar-refractivity contribution in [2.75, 3.05) is 6.61 Å². The van der Waals surface area contributed by atoms with E-state index in [9.17, 15) is 4.79 Å². The summed E-state index contributed by atoms with van der Waals surface area (Å²) in [4.78, 5) is 10.3. The topological polar surface area (TPSA) is 26.3 Å². The molecule has 0 rings (SSSR count). The smallest absolute Gasteiger partial charge is 0.416 e. The van der Waals surface area contributed by atoms with Gasteiger partial charge in [-0.25, -0.2) is 4.79 Å². The van der Waals surface area contributed by atoms with E-state index in [4.69, 9.17) is 0 Å². The summed E-state index contributed by atoms with van der Waals surface area (Å²) >= 11 is 0. The third-order valence-corrected chi connectivity index (χ3v) is 0.541. The van der Waals surface area contributed by atoms with Crippen LogP contribution in [0.5, 0.6) is 0 Å². The van der Waals surface area contributed by atoms with Gasteiger partial charge in [0.1, 0.15) is 0 Å². The lowest BCUT2D eigenvalue weighted by atomic mass is 10.4. The summed E-state index contributed by atoms with van der Waals surface area (Å²) in [5.74, 6) is -0.331. The summed E-state index contributed by atoms with van der Waals surface area (Å²) in [6, 6.07) is 0. The third-order valence-electron chi connectivity index (χ3n) is 0.541. The molecule has 0 aromatic heterocycles. The standard InChI is InChI=1S/C6H9O2/c1-3-5-6(7)8-4-2/h3,5H,1,4H2,2H3/q+1. The molecule has 0 aromatic rings. The molecule has 44 valence electrons. The number of ether oxygens (including phenoxy) is 1. The lowest BCUT2D eigenvalue weighted by Crippen LogP contribution is -2.01. The molecule has 0 bridgehead atoms.